The molecule has 0 saturated heterocycles. The van der Waals surface area contributed by atoms with Gasteiger partial charge in [-0.25, -0.2) is 5.90 Å². The molecular formula is C10H14BNO4. The second-order valence-electron chi connectivity index (χ2n) is 3.66. The fourth-order valence-electron chi connectivity index (χ4n) is 1.43. The molecule has 0 radical (unpaired) electrons. The van der Waals surface area contributed by atoms with Crippen molar-refractivity contribution < 1.29 is 19.8 Å². The van der Waals surface area contributed by atoms with Crippen LogP contribution >= 0.6 is 0 Å². The van der Waals surface area contributed by atoms with Gasteiger partial charge in [0.15, 0.2) is 0 Å². The van der Waals surface area contributed by atoms with Crippen molar-refractivity contribution in [1.82, 2.24) is 0 Å². The first-order valence-corrected chi connectivity index (χ1v) is 4.91. The minimum atomic E-state index is -0.953. The number of carbonyl (C=O) groups is 1. The minimum absolute atomic E-state index is 0.152. The van der Waals surface area contributed by atoms with E-state index in [9.17, 15) is 4.79 Å². The maximum Gasteiger partial charge on any atom is 0.332 e. The monoisotopic (exact) mass is 223 g/mol. The van der Waals surface area contributed by atoms with E-state index in [0.717, 1.165) is 5.56 Å². The summed E-state index contributed by atoms with van der Waals surface area (Å²) in [5.41, 5.74) is 0.814. The van der Waals surface area contributed by atoms with Gasteiger partial charge in [0, 0.05) is 0 Å². The van der Waals surface area contributed by atoms with Crippen molar-refractivity contribution in [2.45, 2.75) is 19.1 Å². The third-order valence-electron chi connectivity index (χ3n) is 2.49. The second kappa shape index (κ2) is 5.53. The number of rotatable bonds is 5. The highest BCUT2D eigenvalue weighted by Crippen LogP contribution is 2.20. The Balaban J connectivity index is 2.75. The van der Waals surface area contributed by atoms with Gasteiger partial charge in [0.2, 0.25) is 0 Å². The normalized spacial score (nSPS) is 12.1. The van der Waals surface area contributed by atoms with Gasteiger partial charge in [-0.3, -0.25) is 4.79 Å². The molecule has 4 N–H and O–H groups in total. The standard InChI is InChI=1S/C10H14BNO4/c1-11(16-12)9(10(14)15)6-7-2-4-8(13)5-3-7/h2-5,9,13H,6,12H2,1H3,(H,14,15)/t9-/m1/s1. The Morgan fingerprint density at radius 3 is 2.50 bits per heavy atom. The number of aromatic hydroxyl groups is 1. The zero-order valence-electron chi connectivity index (χ0n) is 8.96. The molecule has 0 saturated carbocycles. The average molecular weight is 223 g/mol. The Bertz CT molecular complexity index is 354. The van der Waals surface area contributed by atoms with Gasteiger partial charge in [-0.2, -0.15) is 0 Å². The molecule has 0 aromatic heterocycles. The van der Waals surface area contributed by atoms with Crippen molar-refractivity contribution in [2.75, 3.05) is 0 Å². The molecule has 86 valence electrons. The van der Waals surface area contributed by atoms with Gasteiger partial charge in [-0.15, -0.1) is 0 Å². The van der Waals surface area contributed by atoms with E-state index in [2.05, 4.69) is 4.76 Å². The molecule has 1 aromatic rings. The largest absolute Gasteiger partial charge is 0.508 e. The maximum absolute atomic E-state index is 11.0. The first-order valence-electron chi connectivity index (χ1n) is 4.91. The third-order valence-corrected chi connectivity index (χ3v) is 2.49. The number of nitrogens with two attached hydrogens (primary N) is 1. The van der Waals surface area contributed by atoms with Crippen LogP contribution in [0, 0.1) is 0 Å². The van der Waals surface area contributed by atoms with Crippen LogP contribution in [0.5, 0.6) is 5.75 Å². The topological polar surface area (TPSA) is 92.8 Å². The van der Waals surface area contributed by atoms with E-state index in [1.54, 1.807) is 19.0 Å². The number of carboxylic acids is 1. The molecular weight excluding hydrogens is 209 g/mol. The average Bonchev–Trinajstić information content (AvgIpc) is 2.27. The predicted molar refractivity (Wildman–Crippen MR) is 60.1 cm³/mol. The summed E-state index contributed by atoms with van der Waals surface area (Å²) in [6.07, 6.45) is 0.313. The number of phenols is 1. The predicted octanol–water partition coefficient (Wildman–Crippen LogP) is 0.901. The lowest BCUT2D eigenvalue weighted by molar-refractivity contribution is -0.137. The lowest BCUT2D eigenvalue weighted by Gasteiger charge is -2.14. The number of hydrogen-bond donors (Lipinski definition) is 3. The molecule has 1 atom stereocenters. The smallest absolute Gasteiger partial charge is 0.332 e. The summed E-state index contributed by atoms with van der Waals surface area (Å²) in [6.45, 7) is 1.05. The molecule has 0 unspecified atom stereocenters. The van der Waals surface area contributed by atoms with Crippen LogP contribution < -0.4 is 5.90 Å². The zero-order valence-corrected chi connectivity index (χ0v) is 8.96. The van der Waals surface area contributed by atoms with Crippen LogP contribution in [0.25, 0.3) is 0 Å². The van der Waals surface area contributed by atoms with Gasteiger partial charge in [0.25, 0.3) is 0 Å². The molecule has 1 rings (SSSR count). The first-order chi connectivity index (χ1) is 7.54. The van der Waals surface area contributed by atoms with Crippen LogP contribution in [-0.4, -0.2) is 23.1 Å². The van der Waals surface area contributed by atoms with E-state index in [4.69, 9.17) is 16.1 Å². The number of phenolic OH excluding ortho intramolecular Hbond substituents is 1. The first kappa shape index (κ1) is 12.5. The molecule has 0 aliphatic heterocycles. The van der Waals surface area contributed by atoms with Crippen molar-refractivity contribution in [1.29, 1.82) is 0 Å². The van der Waals surface area contributed by atoms with Crippen molar-refractivity contribution in [3.63, 3.8) is 0 Å². The van der Waals surface area contributed by atoms with Crippen molar-refractivity contribution >= 4 is 12.9 Å². The van der Waals surface area contributed by atoms with Crippen molar-refractivity contribution in [3.05, 3.63) is 29.8 Å². The van der Waals surface area contributed by atoms with Gasteiger partial charge < -0.3 is 15.0 Å². The van der Waals surface area contributed by atoms with E-state index >= 15 is 0 Å². The van der Waals surface area contributed by atoms with Crippen LogP contribution in [-0.2, 0) is 16.0 Å². The molecule has 0 spiro atoms. The fourth-order valence-corrected chi connectivity index (χ4v) is 1.43. The second-order valence-corrected chi connectivity index (χ2v) is 3.66. The number of carboxylic acid groups (broad SMARTS) is 1. The van der Waals surface area contributed by atoms with E-state index in [0.29, 0.717) is 6.42 Å². The Labute approximate surface area is 93.9 Å². The summed E-state index contributed by atoms with van der Waals surface area (Å²) < 4.78 is 4.54. The van der Waals surface area contributed by atoms with Crippen molar-refractivity contribution in [3.8, 4) is 5.75 Å². The summed E-state index contributed by atoms with van der Waals surface area (Å²) in [5.74, 6) is 3.48. The van der Waals surface area contributed by atoms with E-state index in [1.165, 1.54) is 12.1 Å². The SMILES string of the molecule is CB(ON)[C@H](Cc1ccc(O)cc1)C(=O)O. The number of hydrogen-bond acceptors (Lipinski definition) is 4. The third kappa shape index (κ3) is 3.25. The highest BCUT2D eigenvalue weighted by Gasteiger charge is 2.29. The number of aliphatic carboxylic acids is 1. The van der Waals surface area contributed by atoms with E-state index in [-0.39, 0.29) is 5.75 Å². The quantitative estimate of drug-likeness (QED) is 0.509. The van der Waals surface area contributed by atoms with Crippen LogP contribution in [0.1, 0.15) is 5.56 Å². The molecule has 0 amide bonds. The van der Waals surface area contributed by atoms with Gasteiger partial charge in [0.05, 0.1) is 5.82 Å². The van der Waals surface area contributed by atoms with Crippen molar-refractivity contribution in [2.24, 2.45) is 5.90 Å². The van der Waals surface area contributed by atoms with E-state index in [1.807, 2.05) is 0 Å². The molecule has 0 aliphatic carbocycles. The zero-order chi connectivity index (χ0) is 12.1. The van der Waals surface area contributed by atoms with Gasteiger partial charge >= 0.3 is 12.9 Å². The minimum Gasteiger partial charge on any atom is -0.508 e. The molecule has 16 heavy (non-hydrogen) atoms. The molecule has 5 nitrogen and oxygen atoms in total. The Hall–Kier alpha value is -1.53. The molecule has 1 aromatic carbocycles. The summed E-state index contributed by atoms with van der Waals surface area (Å²) >= 11 is 0. The van der Waals surface area contributed by atoms with Crippen LogP contribution in [0.4, 0.5) is 0 Å². The van der Waals surface area contributed by atoms with Gasteiger partial charge in [-0.05, 0) is 24.1 Å². The summed E-state index contributed by atoms with van der Waals surface area (Å²) in [7, 11) is 0. The molecule has 0 bridgehead atoms. The fraction of sp³-hybridized carbons (Fsp3) is 0.300. The highest BCUT2D eigenvalue weighted by atomic mass is 16.6. The highest BCUT2D eigenvalue weighted by molar-refractivity contribution is 6.56. The summed E-state index contributed by atoms with van der Waals surface area (Å²) in [4.78, 5) is 11.0. The van der Waals surface area contributed by atoms with Crippen LogP contribution in [0.2, 0.25) is 12.6 Å². The van der Waals surface area contributed by atoms with Crippen LogP contribution in [0.15, 0.2) is 24.3 Å². The number of benzene rings is 1. The van der Waals surface area contributed by atoms with Gasteiger partial charge in [-0.1, -0.05) is 19.0 Å². The Morgan fingerprint density at radius 1 is 1.50 bits per heavy atom. The summed E-state index contributed by atoms with van der Waals surface area (Å²) in [6, 6.07) is 6.38. The molecule has 0 fully saturated rings. The molecule has 6 heteroatoms. The van der Waals surface area contributed by atoms with Crippen LogP contribution in [0.3, 0.4) is 0 Å². The molecule has 0 aliphatic rings. The lowest BCUT2D eigenvalue weighted by atomic mass is 9.56. The van der Waals surface area contributed by atoms with E-state index < -0.39 is 18.7 Å². The Kier molecular flexibility index (Phi) is 4.33. The molecule has 0 heterocycles. The summed E-state index contributed by atoms with van der Waals surface area (Å²) in [5, 5.41) is 18.1. The lowest BCUT2D eigenvalue weighted by Crippen LogP contribution is -2.31. The maximum atomic E-state index is 11.0. The Morgan fingerprint density at radius 2 is 2.06 bits per heavy atom. The van der Waals surface area contributed by atoms with Gasteiger partial charge in [0.1, 0.15) is 5.75 Å².